The van der Waals surface area contributed by atoms with Crippen molar-refractivity contribution in [3.8, 4) is 0 Å². The molecule has 1 aromatic rings. The summed E-state index contributed by atoms with van der Waals surface area (Å²) >= 11 is 0. The van der Waals surface area contributed by atoms with Crippen LogP contribution in [0.5, 0.6) is 0 Å². The van der Waals surface area contributed by atoms with Crippen molar-refractivity contribution in [2.75, 3.05) is 5.32 Å². The first-order valence-electron chi connectivity index (χ1n) is 4.75. The average Bonchev–Trinajstić information content (AvgIpc) is 2.19. The summed E-state index contributed by atoms with van der Waals surface area (Å²) in [7, 11) is 0. The van der Waals surface area contributed by atoms with Crippen LogP contribution in [0.3, 0.4) is 0 Å². The number of nitrogens with zero attached hydrogens (tertiary/aromatic N) is 1. The maximum absolute atomic E-state index is 11.2. The van der Waals surface area contributed by atoms with Crippen molar-refractivity contribution in [3.63, 3.8) is 0 Å². The van der Waals surface area contributed by atoms with Crippen LogP contribution in [0.1, 0.15) is 13.3 Å². The van der Waals surface area contributed by atoms with E-state index in [4.69, 9.17) is 5.11 Å². The van der Waals surface area contributed by atoms with Crippen molar-refractivity contribution >= 4 is 17.6 Å². The van der Waals surface area contributed by atoms with Crippen molar-refractivity contribution in [2.24, 2.45) is 0 Å². The normalized spacial score (nSPS) is 9.81. The Morgan fingerprint density at radius 2 is 2.12 bits per heavy atom. The summed E-state index contributed by atoms with van der Waals surface area (Å²) in [5.74, 6) is -1.81. The number of carboxylic acids is 1. The molecule has 0 saturated carbocycles. The van der Waals surface area contributed by atoms with Crippen molar-refractivity contribution in [2.45, 2.75) is 19.9 Å². The Bertz CT molecular complexity index is 464. The van der Waals surface area contributed by atoms with Gasteiger partial charge in [-0.1, -0.05) is 0 Å². The summed E-state index contributed by atoms with van der Waals surface area (Å²) in [6, 6.07) is 2.76. The molecule has 6 heteroatoms. The monoisotopic (exact) mass is 224 g/mol. The first-order chi connectivity index (χ1) is 7.52. The van der Waals surface area contributed by atoms with Crippen LogP contribution in [-0.4, -0.2) is 21.6 Å². The van der Waals surface area contributed by atoms with Crippen LogP contribution in [0.25, 0.3) is 0 Å². The number of nitrogens with one attached hydrogen (secondary N) is 1. The second kappa shape index (κ2) is 5.11. The lowest BCUT2D eigenvalue weighted by atomic mass is 10.3. The van der Waals surface area contributed by atoms with Crippen LogP contribution in [0.4, 0.5) is 5.69 Å². The smallest absolute Gasteiger partial charge is 0.312 e. The molecule has 86 valence electrons. The Kier molecular flexibility index (Phi) is 3.82. The van der Waals surface area contributed by atoms with E-state index in [9.17, 15) is 14.4 Å². The minimum Gasteiger partial charge on any atom is -0.481 e. The molecule has 0 saturated heterocycles. The number of amides is 1. The predicted octanol–water partition coefficient (Wildman–Crippen LogP) is 0.281. The van der Waals surface area contributed by atoms with Gasteiger partial charge in [0.05, 0.1) is 5.69 Å². The molecule has 1 amide bonds. The fraction of sp³-hybridized carbons (Fsp3) is 0.300. The molecular formula is C10H12N2O4. The molecule has 0 aromatic carbocycles. The van der Waals surface area contributed by atoms with Gasteiger partial charge in [0.15, 0.2) is 0 Å². The topological polar surface area (TPSA) is 88.4 Å². The number of carbonyl (C=O) groups is 2. The van der Waals surface area contributed by atoms with Crippen molar-refractivity contribution < 1.29 is 14.7 Å². The highest BCUT2D eigenvalue weighted by atomic mass is 16.4. The Morgan fingerprint density at radius 3 is 2.69 bits per heavy atom. The zero-order chi connectivity index (χ0) is 12.1. The van der Waals surface area contributed by atoms with Crippen LogP contribution in [0, 0.1) is 0 Å². The molecule has 0 fully saturated rings. The molecule has 0 bridgehead atoms. The minimum absolute atomic E-state index is 0.168. The van der Waals surface area contributed by atoms with E-state index in [1.54, 1.807) is 6.92 Å². The van der Waals surface area contributed by atoms with Gasteiger partial charge in [0.1, 0.15) is 6.42 Å². The first-order valence-corrected chi connectivity index (χ1v) is 4.75. The molecule has 0 aliphatic carbocycles. The van der Waals surface area contributed by atoms with Gasteiger partial charge >= 0.3 is 5.97 Å². The third-order valence-electron chi connectivity index (χ3n) is 1.92. The van der Waals surface area contributed by atoms with Crippen molar-refractivity contribution in [1.29, 1.82) is 0 Å². The van der Waals surface area contributed by atoms with E-state index in [1.807, 2.05) is 0 Å². The summed E-state index contributed by atoms with van der Waals surface area (Å²) < 4.78 is 1.41. The van der Waals surface area contributed by atoms with Gasteiger partial charge in [-0.3, -0.25) is 14.4 Å². The van der Waals surface area contributed by atoms with Crippen LogP contribution >= 0.6 is 0 Å². The zero-order valence-electron chi connectivity index (χ0n) is 8.77. The second-order valence-corrected chi connectivity index (χ2v) is 3.16. The Morgan fingerprint density at radius 1 is 1.44 bits per heavy atom. The lowest BCUT2D eigenvalue weighted by Gasteiger charge is -2.06. The fourth-order valence-electron chi connectivity index (χ4n) is 1.19. The molecule has 1 aromatic heterocycles. The van der Waals surface area contributed by atoms with E-state index < -0.39 is 18.3 Å². The van der Waals surface area contributed by atoms with E-state index in [0.29, 0.717) is 12.2 Å². The lowest BCUT2D eigenvalue weighted by Crippen LogP contribution is -2.20. The van der Waals surface area contributed by atoms with Gasteiger partial charge in [-0.25, -0.2) is 0 Å². The number of rotatable bonds is 4. The number of aromatic nitrogens is 1. The molecule has 0 aliphatic rings. The molecule has 0 atom stereocenters. The van der Waals surface area contributed by atoms with E-state index in [-0.39, 0.29) is 5.56 Å². The maximum Gasteiger partial charge on any atom is 0.312 e. The highest BCUT2D eigenvalue weighted by molar-refractivity contribution is 6.01. The largest absolute Gasteiger partial charge is 0.481 e. The molecule has 1 heterocycles. The van der Waals surface area contributed by atoms with Crippen LogP contribution < -0.4 is 10.9 Å². The van der Waals surface area contributed by atoms with Gasteiger partial charge in [-0.15, -0.1) is 0 Å². The second-order valence-electron chi connectivity index (χ2n) is 3.16. The molecule has 0 spiro atoms. The third kappa shape index (κ3) is 3.23. The molecule has 0 unspecified atom stereocenters. The number of aliphatic carboxylic acids is 1. The molecular weight excluding hydrogens is 212 g/mol. The van der Waals surface area contributed by atoms with Crippen molar-refractivity contribution in [1.82, 2.24) is 4.57 Å². The highest BCUT2D eigenvalue weighted by Gasteiger charge is 2.07. The van der Waals surface area contributed by atoms with Gasteiger partial charge in [0, 0.05) is 18.8 Å². The number of anilines is 1. The number of hydrogen-bond donors (Lipinski definition) is 2. The quantitative estimate of drug-likeness (QED) is 0.719. The minimum atomic E-state index is -1.19. The number of pyridine rings is 1. The van der Waals surface area contributed by atoms with E-state index >= 15 is 0 Å². The molecule has 16 heavy (non-hydrogen) atoms. The van der Waals surface area contributed by atoms with Crippen LogP contribution in [0.15, 0.2) is 23.1 Å². The fourth-order valence-corrected chi connectivity index (χ4v) is 1.19. The predicted molar refractivity (Wildman–Crippen MR) is 57.3 cm³/mol. The van der Waals surface area contributed by atoms with E-state index in [0.717, 1.165) is 0 Å². The highest BCUT2D eigenvalue weighted by Crippen LogP contribution is 2.03. The molecule has 0 radical (unpaired) electrons. The standard InChI is InChI=1S/C10H12N2O4/c1-2-12-6-7(3-4-9(12)14)11-8(13)5-10(15)16/h3-4,6H,2,5H2,1H3,(H,11,13)(H,15,16). The van der Waals surface area contributed by atoms with Gasteiger partial charge in [0.2, 0.25) is 5.91 Å². The maximum atomic E-state index is 11.2. The molecule has 0 aliphatic heterocycles. The lowest BCUT2D eigenvalue weighted by molar-refractivity contribution is -0.139. The van der Waals surface area contributed by atoms with Gasteiger partial charge < -0.3 is 15.0 Å². The van der Waals surface area contributed by atoms with E-state index in [2.05, 4.69) is 5.32 Å². The number of hydrogen-bond acceptors (Lipinski definition) is 3. The Hall–Kier alpha value is -2.11. The summed E-state index contributed by atoms with van der Waals surface area (Å²) in [6.45, 7) is 2.28. The SMILES string of the molecule is CCn1cc(NC(=O)CC(=O)O)ccc1=O. The van der Waals surface area contributed by atoms with Crippen LogP contribution in [-0.2, 0) is 16.1 Å². The third-order valence-corrected chi connectivity index (χ3v) is 1.92. The zero-order valence-corrected chi connectivity index (χ0v) is 8.77. The van der Waals surface area contributed by atoms with Gasteiger partial charge in [-0.2, -0.15) is 0 Å². The Balaban J connectivity index is 2.78. The van der Waals surface area contributed by atoms with Crippen LogP contribution in [0.2, 0.25) is 0 Å². The van der Waals surface area contributed by atoms with Gasteiger partial charge in [0.25, 0.3) is 5.56 Å². The summed E-state index contributed by atoms with van der Waals surface area (Å²) in [6.07, 6.45) is 0.882. The average molecular weight is 224 g/mol. The number of aryl methyl sites for hydroxylation is 1. The van der Waals surface area contributed by atoms with E-state index in [1.165, 1.54) is 22.9 Å². The van der Waals surface area contributed by atoms with Crippen molar-refractivity contribution in [3.05, 3.63) is 28.7 Å². The molecule has 2 N–H and O–H groups in total. The first kappa shape index (κ1) is 12.0. The van der Waals surface area contributed by atoms with Gasteiger partial charge in [-0.05, 0) is 13.0 Å². The molecule has 6 nitrogen and oxygen atoms in total. The number of carbonyl (C=O) groups excluding carboxylic acids is 1. The summed E-state index contributed by atoms with van der Waals surface area (Å²) in [5, 5.41) is 10.8. The molecule has 1 rings (SSSR count). The Labute approximate surface area is 91.5 Å². The summed E-state index contributed by atoms with van der Waals surface area (Å²) in [5.41, 5.74) is 0.242. The summed E-state index contributed by atoms with van der Waals surface area (Å²) in [4.78, 5) is 32.6. The number of carboxylic acid groups (broad SMARTS) is 1.